The number of nitrogens with zero attached hydrogens (tertiary/aromatic N) is 1. The molecule has 9 amide bonds. The van der Waals surface area contributed by atoms with E-state index >= 15 is 38.4 Å². The SMILES string of the molecule is CCCOCCOCCOCCOCCOCCOCCC(=O)N[C@H](Cc1ccccc1)C(=O)NC1CSSC[C@@H](C(=O)N[C@H](C(=O)OC(c2ccccc2)(c2ccc(C)cc2)c2ccccc2Cl)[C@@H](C)OC(C)(C)C)NC(=O)[C@H]([C@@H](C)OC(C)(C)C)NC(=O)[C@H](CCCCNC(=O)OC(C)(C)C)NC(=O)[C@@H](Cc2cn(C(=O)OC(C)(C)C)c3ccccc23)NC(=O)[C@H](Cc2ccc(OC(C)(C)C)cc2)NC1=O. The summed E-state index contributed by atoms with van der Waals surface area (Å²) in [4.78, 5) is 170. The third-order valence-corrected chi connectivity index (χ3v) is 24.6. The molecule has 143 heavy (non-hydrogen) atoms. The van der Waals surface area contributed by atoms with Gasteiger partial charge in [-0.2, -0.15) is 0 Å². The van der Waals surface area contributed by atoms with Crippen molar-refractivity contribution in [1.82, 2.24) is 52.4 Å². The number of unbranched alkanes of at least 4 members (excludes halogenated alkanes) is 1. The Morgan fingerprint density at radius 1 is 0.497 bits per heavy atom. The number of aromatic nitrogens is 1. The normalized spacial score (nSPS) is 18.1. The zero-order valence-electron chi connectivity index (χ0n) is 86.2. The van der Waals surface area contributed by atoms with Crippen LogP contribution in [0.25, 0.3) is 10.9 Å². The molecule has 2 heterocycles. The highest BCUT2D eigenvalue weighted by molar-refractivity contribution is 8.76. The summed E-state index contributed by atoms with van der Waals surface area (Å²) in [5.74, 6) is -8.65. The fraction of sp³-hybridized carbons (Fsp3) is 0.542. The highest BCUT2D eigenvalue weighted by atomic mass is 35.5. The van der Waals surface area contributed by atoms with Gasteiger partial charge in [0.2, 0.25) is 47.3 Å². The summed E-state index contributed by atoms with van der Waals surface area (Å²) in [6.45, 7) is 37.5. The molecule has 1 fully saturated rings. The van der Waals surface area contributed by atoms with E-state index in [2.05, 4.69) is 47.9 Å². The van der Waals surface area contributed by atoms with Crippen LogP contribution in [0.3, 0.4) is 0 Å². The van der Waals surface area contributed by atoms with Crippen molar-refractivity contribution in [2.24, 2.45) is 0 Å². The van der Waals surface area contributed by atoms with Crippen molar-refractivity contribution in [3.8, 4) is 5.75 Å². The van der Waals surface area contributed by atoms with Crippen LogP contribution in [0, 0.1) is 6.92 Å². The Balaban J connectivity index is 1.24. The van der Waals surface area contributed by atoms with E-state index in [1.807, 2.05) is 58.9 Å². The Kier molecular flexibility index (Phi) is 47.1. The molecule has 1 saturated heterocycles. The molecular weight excluding hydrogens is 1890 g/mol. The van der Waals surface area contributed by atoms with Crippen molar-refractivity contribution in [3.05, 3.63) is 208 Å². The molecule has 1 aliphatic rings. The molecule has 36 heteroatoms. The van der Waals surface area contributed by atoms with Crippen molar-refractivity contribution in [2.75, 3.05) is 97.3 Å². The van der Waals surface area contributed by atoms with Crippen LogP contribution in [0.4, 0.5) is 9.59 Å². The number of hydrogen-bond acceptors (Lipinski definition) is 25. The number of carbonyl (C=O) groups excluding carboxylic acids is 11. The highest BCUT2D eigenvalue weighted by Gasteiger charge is 2.47. The summed E-state index contributed by atoms with van der Waals surface area (Å²) in [7, 11) is 1.90. The Hall–Kier alpha value is -10.7. The molecule has 7 aromatic rings. The fourth-order valence-electron chi connectivity index (χ4n) is 15.4. The summed E-state index contributed by atoms with van der Waals surface area (Å²) in [6.07, 6.45) is -2.46. The number of aryl methyl sites for hydroxylation is 1. The first-order chi connectivity index (χ1) is 67.7. The van der Waals surface area contributed by atoms with E-state index in [1.54, 1.807) is 223 Å². The Morgan fingerprint density at radius 2 is 1.02 bits per heavy atom. The second-order valence-corrected chi connectivity index (χ2v) is 42.9. The number of amides is 9. The third kappa shape index (κ3) is 41.0. The topological polar surface area (TPSA) is 412 Å². The number of halogens is 1. The first kappa shape index (κ1) is 118. The molecule has 33 nitrogen and oxygen atoms in total. The van der Waals surface area contributed by atoms with Crippen LogP contribution >= 0.6 is 33.2 Å². The van der Waals surface area contributed by atoms with Crippen LogP contribution in [-0.4, -0.2) is 256 Å². The lowest BCUT2D eigenvalue weighted by molar-refractivity contribution is -0.165. The Labute approximate surface area is 854 Å². The number of alkyl carbamates (subject to hydrolysis) is 1. The Bertz CT molecular complexity index is 5220. The van der Waals surface area contributed by atoms with Gasteiger partial charge < -0.3 is 105 Å². The van der Waals surface area contributed by atoms with E-state index in [4.69, 9.17) is 68.4 Å². The highest BCUT2D eigenvalue weighted by Crippen LogP contribution is 2.44. The molecule has 1 aromatic heterocycles. The minimum Gasteiger partial charge on any atom is -0.488 e. The van der Waals surface area contributed by atoms with Gasteiger partial charge >= 0.3 is 18.2 Å². The summed E-state index contributed by atoms with van der Waals surface area (Å²) >= 11 is 7.24. The van der Waals surface area contributed by atoms with Gasteiger partial charge in [0.15, 0.2) is 11.6 Å². The smallest absolute Gasteiger partial charge is 0.419 e. The minimum absolute atomic E-state index is 0.0355. The molecule has 6 aromatic carbocycles. The average molecular weight is 2040 g/mol. The molecule has 784 valence electrons. The second kappa shape index (κ2) is 57.3. The second-order valence-electron chi connectivity index (χ2n) is 40.0. The van der Waals surface area contributed by atoms with Gasteiger partial charge in [-0.3, -0.25) is 42.9 Å². The maximum Gasteiger partial charge on any atom is 0.419 e. The zero-order valence-corrected chi connectivity index (χ0v) is 88.5. The summed E-state index contributed by atoms with van der Waals surface area (Å²) in [5.41, 5.74) is -2.33. The molecule has 0 aliphatic carbocycles. The van der Waals surface area contributed by atoms with E-state index in [0.29, 0.717) is 103 Å². The van der Waals surface area contributed by atoms with Crippen molar-refractivity contribution in [1.29, 1.82) is 0 Å². The number of rotatable bonds is 46. The Morgan fingerprint density at radius 3 is 1.60 bits per heavy atom. The molecular formula is C107H149ClN10O23S2. The van der Waals surface area contributed by atoms with E-state index in [0.717, 1.165) is 33.6 Å². The lowest BCUT2D eigenvalue weighted by atomic mass is 9.79. The van der Waals surface area contributed by atoms with Gasteiger partial charge in [-0.05, 0) is 191 Å². The molecule has 0 bridgehead atoms. The summed E-state index contributed by atoms with van der Waals surface area (Å²) in [6, 6.07) is 32.4. The van der Waals surface area contributed by atoms with Gasteiger partial charge in [-0.15, -0.1) is 0 Å². The van der Waals surface area contributed by atoms with Gasteiger partial charge in [-0.25, -0.2) is 14.4 Å². The van der Waals surface area contributed by atoms with Crippen LogP contribution in [0.2, 0.25) is 5.02 Å². The van der Waals surface area contributed by atoms with Crippen LogP contribution in [0.15, 0.2) is 164 Å². The molecule has 0 saturated carbocycles. The zero-order chi connectivity index (χ0) is 105. The van der Waals surface area contributed by atoms with E-state index in [-0.39, 0.29) is 82.3 Å². The van der Waals surface area contributed by atoms with E-state index in [1.165, 1.54) is 17.7 Å². The largest absolute Gasteiger partial charge is 0.488 e. The van der Waals surface area contributed by atoms with Crippen molar-refractivity contribution in [3.63, 3.8) is 0 Å². The molecule has 2 unspecified atom stereocenters. The number of para-hydroxylation sites is 1. The first-order valence-electron chi connectivity index (χ1n) is 48.9. The number of hydrogen-bond donors (Lipinski definition) is 9. The number of ether oxygens (including phenoxy) is 12. The number of benzene rings is 6. The summed E-state index contributed by atoms with van der Waals surface area (Å²) in [5, 5.41) is 26.6. The number of carbonyl (C=O) groups is 11. The van der Waals surface area contributed by atoms with Gasteiger partial charge in [0, 0.05) is 83.6 Å². The van der Waals surface area contributed by atoms with Crippen LogP contribution < -0.4 is 52.6 Å². The van der Waals surface area contributed by atoms with Crippen molar-refractivity contribution < 1.29 is 110 Å². The van der Waals surface area contributed by atoms with Crippen LogP contribution in [0.5, 0.6) is 5.75 Å². The predicted octanol–water partition coefficient (Wildman–Crippen LogP) is 13.4. The monoisotopic (exact) mass is 2040 g/mol. The minimum atomic E-state index is -1.83. The van der Waals surface area contributed by atoms with Gasteiger partial charge in [0.25, 0.3) is 0 Å². The molecule has 1 aliphatic heterocycles. The van der Waals surface area contributed by atoms with Gasteiger partial charge in [0.1, 0.15) is 64.8 Å². The van der Waals surface area contributed by atoms with Gasteiger partial charge in [0.05, 0.1) is 102 Å². The first-order valence-corrected chi connectivity index (χ1v) is 51.7. The van der Waals surface area contributed by atoms with Crippen molar-refractivity contribution in [2.45, 2.75) is 277 Å². The third-order valence-electron chi connectivity index (χ3n) is 21.8. The molecule has 9 N–H and O–H groups in total. The van der Waals surface area contributed by atoms with Gasteiger partial charge in [-0.1, -0.05) is 179 Å². The number of nitrogens with one attached hydrogen (secondary N) is 9. The summed E-state index contributed by atoms with van der Waals surface area (Å²) < 4.78 is 72.8. The predicted molar refractivity (Wildman–Crippen MR) is 552 cm³/mol. The molecule has 0 spiro atoms. The van der Waals surface area contributed by atoms with Crippen molar-refractivity contribution >= 4 is 110 Å². The quantitative estimate of drug-likeness (QED) is 0.00562. The maximum atomic E-state index is 16.3. The lowest BCUT2D eigenvalue weighted by Gasteiger charge is -2.38. The maximum absolute atomic E-state index is 16.3. The molecule has 8 rings (SSSR count). The van der Waals surface area contributed by atoms with Crippen LogP contribution in [0.1, 0.15) is 196 Å². The fourth-order valence-corrected chi connectivity index (χ4v) is 18.0. The lowest BCUT2D eigenvalue weighted by Crippen LogP contribution is -2.63. The number of fused-ring (bicyclic) bond motifs is 1. The van der Waals surface area contributed by atoms with E-state index in [9.17, 15) is 14.4 Å². The molecule has 11 atom stereocenters. The average Bonchev–Trinajstić information content (AvgIpc) is 1.31. The molecule has 0 radical (unpaired) electrons. The van der Waals surface area contributed by atoms with Crippen LogP contribution in [-0.2, 0) is 120 Å². The number of esters is 1. The standard InChI is InChI=1S/C107H149ClN10O23S2/c1-20-52-130-54-56-132-58-60-134-62-63-135-61-59-133-57-55-131-53-50-89(119)110-83(64-73-33-23-21-24-34-73)93(121)114-86-68-142-143-69-87(97(125)117-91(72(4)137-103(8,9)10)99(127)139-107(76-35-25-22-26-36-76,77-46-42-70(2)43-47-77)80-38-28-29-39-81(80)108)115-98(126)90(71(3)136-102(5,6)7)116-92(120)82(40-31-32-51-109-100(128)140-105(14,15)16)111-95(123)85(66-75-67-118(101(129)141-106(17,18)19)88-41-30-27-37-79(75)88)113-94(122)84(112-96(86)124)65-74-44-48-78(49-45-74)138-104(11,12)13/h21-30,33-39,41-49,67,71-72,82-87,90-91H,20,31-32,40,50-66,68-69H2,1-19H3,(H,109,128)(H,110,119)(H,111,123)(H,112,124)(H,113,122)(H,114,121)(H,115,126)(H,116,120)(H,117,125)/t71-,72-,82+,83-,84+,85-,86?,87+,90+,91+,107?/m1/s1. The van der Waals surface area contributed by atoms with E-state index < -0.39 is 172 Å².